The van der Waals surface area contributed by atoms with Crippen LogP contribution in [0.5, 0.6) is 5.75 Å². The minimum absolute atomic E-state index is 0.175. The molecule has 8 heteroatoms. The monoisotopic (exact) mass is 442 g/mol. The van der Waals surface area contributed by atoms with Crippen molar-refractivity contribution in [3.63, 3.8) is 0 Å². The molecule has 160 valence electrons. The highest BCUT2D eigenvalue weighted by Crippen LogP contribution is 2.49. The number of rotatable bonds is 4. The SMILES string of the molecule is COc1ccc(Cl)cc1N1C(=O)[C@H]2[C@H](C1=O)[C@@H](C(=O)c1ccc(F)cc1)N1CCC[C@H]21. The molecule has 2 aromatic rings. The zero-order valence-electron chi connectivity index (χ0n) is 16.8. The number of hydrogen-bond acceptors (Lipinski definition) is 5. The minimum Gasteiger partial charge on any atom is -0.495 e. The summed E-state index contributed by atoms with van der Waals surface area (Å²) < 4.78 is 18.7. The van der Waals surface area contributed by atoms with Crippen molar-refractivity contribution in [2.75, 3.05) is 18.6 Å². The predicted molar refractivity (Wildman–Crippen MR) is 112 cm³/mol. The Balaban J connectivity index is 1.57. The van der Waals surface area contributed by atoms with Gasteiger partial charge in [-0.3, -0.25) is 19.3 Å². The number of benzene rings is 2. The van der Waals surface area contributed by atoms with Crippen LogP contribution in [0.25, 0.3) is 0 Å². The Labute approximate surface area is 183 Å². The number of methoxy groups -OCH3 is 1. The molecule has 3 aliphatic rings. The number of Topliss-reactive ketones (excluding diaryl/α,β-unsaturated/α-hetero) is 1. The molecule has 0 bridgehead atoms. The van der Waals surface area contributed by atoms with Crippen molar-refractivity contribution in [1.82, 2.24) is 4.90 Å². The van der Waals surface area contributed by atoms with Gasteiger partial charge in [-0.15, -0.1) is 0 Å². The lowest BCUT2D eigenvalue weighted by atomic mass is 9.85. The smallest absolute Gasteiger partial charge is 0.239 e. The molecule has 5 rings (SSSR count). The van der Waals surface area contributed by atoms with Gasteiger partial charge in [0.2, 0.25) is 11.8 Å². The molecule has 0 spiro atoms. The van der Waals surface area contributed by atoms with Crippen LogP contribution in [-0.2, 0) is 9.59 Å². The number of hydrogen-bond donors (Lipinski definition) is 0. The molecular formula is C23H20ClFN2O4. The van der Waals surface area contributed by atoms with Gasteiger partial charge in [0.05, 0.1) is 30.7 Å². The normalized spacial score (nSPS) is 27.5. The molecule has 3 fully saturated rings. The lowest BCUT2D eigenvalue weighted by Crippen LogP contribution is -2.46. The van der Waals surface area contributed by atoms with Gasteiger partial charge < -0.3 is 4.74 Å². The highest BCUT2D eigenvalue weighted by Gasteiger charge is 2.65. The van der Waals surface area contributed by atoms with Gasteiger partial charge >= 0.3 is 0 Å². The second kappa shape index (κ2) is 7.43. The van der Waals surface area contributed by atoms with E-state index < -0.39 is 29.6 Å². The Hall–Kier alpha value is -2.77. The molecule has 3 heterocycles. The second-order valence-corrected chi connectivity index (χ2v) is 8.58. The number of anilines is 1. The van der Waals surface area contributed by atoms with Crippen LogP contribution in [0, 0.1) is 17.7 Å². The molecule has 3 aliphatic heterocycles. The Morgan fingerprint density at radius 2 is 1.81 bits per heavy atom. The number of carbonyl (C=O) groups is 3. The molecule has 2 amide bonds. The zero-order valence-corrected chi connectivity index (χ0v) is 17.5. The van der Waals surface area contributed by atoms with Gasteiger partial charge in [-0.2, -0.15) is 0 Å². The van der Waals surface area contributed by atoms with Crippen LogP contribution < -0.4 is 9.64 Å². The first kappa shape index (κ1) is 20.2. The van der Waals surface area contributed by atoms with E-state index in [1.54, 1.807) is 12.1 Å². The van der Waals surface area contributed by atoms with Crippen LogP contribution in [-0.4, -0.2) is 48.2 Å². The van der Waals surface area contributed by atoms with E-state index >= 15 is 0 Å². The summed E-state index contributed by atoms with van der Waals surface area (Å²) in [6.07, 6.45) is 1.59. The highest BCUT2D eigenvalue weighted by molar-refractivity contribution is 6.32. The van der Waals surface area contributed by atoms with Crippen LogP contribution in [0.3, 0.4) is 0 Å². The molecule has 0 aromatic heterocycles. The van der Waals surface area contributed by atoms with E-state index in [9.17, 15) is 18.8 Å². The van der Waals surface area contributed by atoms with E-state index in [2.05, 4.69) is 0 Å². The fourth-order valence-electron chi connectivity index (χ4n) is 5.38. The van der Waals surface area contributed by atoms with Crippen molar-refractivity contribution < 1.29 is 23.5 Å². The fourth-order valence-corrected chi connectivity index (χ4v) is 5.54. The molecule has 4 atom stereocenters. The van der Waals surface area contributed by atoms with Crippen molar-refractivity contribution in [2.24, 2.45) is 11.8 Å². The quantitative estimate of drug-likeness (QED) is 0.536. The topological polar surface area (TPSA) is 66.9 Å². The molecule has 0 saturated carbocycles. The summed E-state index contributed by atoms with van der Waals surface area (Å²) in [6.45, 7) is 0.649. The maximum absolute atomic E-state index is 13.6. The van der Waals surface area contributed by atoms with Crippen LogP contribution >= 0.6 is 11.6 Å². The summed E-state index contributed by atoms with van der Waals surface area (Å²) in [5.74, 6) is -2.50. The van der Waals surface area contributed by atoms with Crippen LogP contribution in [0.4, 0.5) is 10.1 Å². The summed E-state index contributed by atoms with van der Waals surface area (Å²) in [7, 11) is 1.46. The van der Waals surface area contributed by atoms with Crippen molar-refractivity contribution in [1.29, 1.82) is 0 Å². The highest BCUT2D eigenvalue weighted by atomic mass is 35.5. The molecule has 2 aromatic carbocycles. The lowest BCUT2D eigenvalue weighted by Gasteiger charge is -2.28. The standard InChI is InChI=1S/C23H20ClFN2O4/c1-31-17-9-6-13(24)11-16(17)27-22(29)18-15-3-2-10-26(15)20(19(18)23(27)30)21(28)12-4-7-14(25)8-5-12/h4-9,11,15,18-20H,2-3,10H2,1H3/t15-,18-,19+,20+/m1/s1. The zero-order chi connectivity index (χ0) is 21.9. The Bertz CT molecular complexity index is 1090. The van der Waals surface area contributed by atoms with Crippen molar-refractivity contribution in [3.8, 4) is 5.75 Å². The Morgan fingerprint density at radius 3 is 2.52 bits per heavy atom. The van der Waals surface area contributed by atoms with E-state index in [-0.39, 0.29) is 23.4 Å². The fraction of sp³-hybridized carbons (Fsp3) is 0.348. The maximum atomic E-state index is 13.6. The first-order valence-corrected chi connectivity index (χ1v) is 10.6. The third-order valence-electron chi connectivity index (χ3n) is 6.63. The van der Waals surface area contributed by atoms with Gasteiger partial charge in [0.25, 0.3) is 0 Å². The van der Waals surface area contributed by atoms with Crippen LogP contribution in [0.2, 0.25) is 5.02 Å². The summed E-state index contributed by atoms with van der Waals surface area (Å²) in [5.41, 5.74) is 0.619. The molecule has 0 unspecified atom stereocenters. The third kappa shape index (κ3) is 2.98. The second-order valence-electron chi connectivity index (χ2n) is 8.14. The number of amides is 2. The third-order valence-corrected chi connectivity index (χ3v) is 6.87. The number of ether oxygens (including phenoxy) is 1. The van der Waals surface area contributed by atoms with Gasteiger partial charge in [0.15, 0.2) is 5.78 Å². The number of fused-ring (bicyclic) bond motifs is 3. The first-order valence-electron chi connectivity index (χ1n) is 10.2. The van der Waals surface area contributed by atoms with E-state index in [0.717, 1.165) is 17.7 Å². The first-order chi connectivity index (χ1) is 14.9. The van der Waals surface area contributed by atoms with E-state index in [0.29, 0.717) is 22.9 Å². The number of nitrogens with zero attached hydrogens (tertiary/aromatic N) is 2. The number of halogens is 2. The van der Waals surface area contributed by atoms with Gasteiger partial charge in [0, 0.05) is 16.6 Å². The largest absolute Gasteiger partial charge is 0.495 e. The van der Waals surface area contributed by atoms with Gasteiger partial charge in [0.1, 0.15) is 11.6 Å². The molecule has 0 N–H and O–H groups in total. The number of imide groups is 1. The molecule has 0 radical (unpaired) electrons. The Kier molecular flexibility index (Phi) is 4.83. The maximum Gasteiger partial charge on any atom is 0.239 e. The van der Waals surface area contributed by atoms with Gasteiger partial charge in [-0.05, 0) is 61.9 Å². The summed E-state index contributed by atoms with van der Waals surface area (Å²) in [4.78, 5) is 43.6. The molecule has 31 heavy (non-hydrogen) atoms. The van der Waals surface area contributed by atoms with E-state index in [4.69, 9.17) is 16.3 Å². The number of carbonyl (C=O) groups excluding carboxylic acids is 3. The van der Waals surface area contributed by atoms with Gasteiger partial charge in [-0.1, -0.05) is 11.6 Å². The van der Waals surface area contributed by atoms with Gasteiger partial charge in [-0.25, -0.2) is 9.29 Å². The average Bonchev–Trinajstić information content (AvgIpc) is 3.40. The van der Waals surface area contributed by atoms with E-state index in [1.807, 2.05) is 4.90 Å². The Morgan fingerprint density at radius 1 is 1.10 bits per heavy atom. The summed E-state index contributed by atoms with van der Waals surface area (Å²) in [5, 5.41) is 0.370. The predicted octanol–water partition coefficient (Wildman–Crippen LogP) is 3.32. The summed E-state index contributed by atoms with van der Waals surface area (Å²) >= 11 is 6.13. The lowest BCUT2D eigenvalue weighted by molar-refractivity contribution is -0.123. The molecule has 6 nitrogen and oxygen atoms in total. The van der Waals surface area contributed by atoms with E-state index in [1.165, 1.54) is 37.4 Å². The van der Waals surface area contributed by atoms with Crippen molar-refractivity contribution in [2.45, 2.75) is 24.9 Å². The summed E-state index contributed by atoms with van der Waals surface area (Å²) in [6, 6.07) is 9.13. The molecular weight excluding hydrogens is 423 g/mol. The minimum atomic E-state index is -0.793. The van der Waals surface area contributed by atoms with Crippen LogP contribution in [0.1, 0.15) is 23.2 Å². The van der Waals surface area contributed by atoms with Crippen LogP contribution in [0.15, 0.2) is 42.5 Å². The number of ketones is 1. The van der Waals surface area contributed by atoms with Crippen molar-refractivity contribution in [3.05, 3.63) is 58.9 Å². The average molecular weight is 443 g/mol. The molecule has 3 saturated heterocycles. The van der Waals surface area contributed by atoms with Crippen molar-refractivity contribution >= 4 is 34.9 Å². The molecule has 0 aliphatic carbocycles.